The summed E-state index contributed by atoms with van der Waals surface area (Å²) in [5.41, 5.74) is 1.56. The monoisotopic (exact) mass is 395 g/mol. The smallest absolute Gasteiger partial charge is 0.251 e. The van der Waals surface area contributed by atoms with Crippen molar-refractivity contribution < 1.29 is 14.3 Å². The van der Waals surface area contributed by atoms with Gasteiger partial charge >= 0.3 is 0 Å². The Labute approximate surface area is 172 Å². The predicted octanol–water partition coefficient (Wildman–Crippen LogP) is 1.87. The summed E-state index contributed by atoms with van der Waals surface area (Å²) in [6.45, 7) is 4.95. The fraction of sp³-hybridized carbons (Fsp3) is 0.391. The van der Waals surface area contributed by atoms with Crippen LogP contribution in [0.25, 0.3) is 0 Å². The van der Waals surface area contributed by atoms with Crippen molar-refractivity contribution in [2.75, 3.05) is 39.4 Å². The second-order valence-corrected chi connectivity index (χ2v) is 7.18. The number of hydrogen-bond acceptors (Lipinski definition) is 4. The summed E-state index contributed by atoms with van der Waals surface area (Å²) in [6, 6.07) is 18.1. The topological polar surface area (TPSA) is 70.7 Å². The van der Waals surface area contributed by atoms with E-state index in [0.29, 0.717) is 18.5 Å². The Morgan fingerprint density at radius 1 is 0.966 bits per heavy atom. The molecule has 2 N–H and O–H groups in total. The lowest BCUT2D eigenvalue weighted by molar-refractivity contribution is -0.123. The van der Waals surface area contributed by atoms with E-state index in [-0.39, 0.29) is 11.8 Å². The van der Waals surface area contributed by atoms with Gasteiger partial charge in [-0.25, -0.2) is 0 Å². The molecular weight excluding hydrogens is 366 g/mol. The molecule has 2 aromatic carbocycles. The normalized spacial score (nSPS) is 15.4. The van der Waals surface area contributed by atoms with Gasteiger partial charge in [0.15, 0.2) is 0 Å². The van der Waals surface area contributed by atoms with Crippen molar-refractivity contribution in [3.05, 3.63) is 71.8 Å². The maximum Gasteiger partial charge on any atom is 0.251 e. The maximum atomic E-state index is 12.8. The molecule has 1 aliphatic heterocycles. The van der Waals surface area contributed by atoms with Gasteiger partial charge in [-0.1, -0.05) is 48.5 Å². The SMILES string of the molecule is O=C(N[C@@H](Cc1ccccc1)C(=O)NCCCN1CCOCC1)c1ccccc1. The standard InChI is InChI=1S/C23H29N3O3/c27-22(20-10-5-2-6-11-20)25-21(18-19-8-3-1-4-9-19)23(28)24-12-7-13-26-14-16-29-17-15-26/h1-6,8-11,21H,7,12-18H2,(H,24,28)(H,25,27)/t21-/m0/s1. The zero-order chi connectivity index (χ0) is 20.3. The number of amides is 2. The first-order valence-corrected chi connectivity index (χ1v) is 10.2. The molecule has 1 aliphatic rings. The van der Waals surface area contributed by atoms with Gasteiger partial charge in [-0.15, -0.1) is 0 Å². The van der Waals surface area contributed by atoms with Crippen molar-refractivity contribution in [1.29, 1.82) is 0 Å². The first kappa shape index (κ1) is 21.0. The minimum atomic E-state index is -0.617. The molecule has 6 heteroatoms. The molecule has 2 aromatic rings. The van der Waals surface area contributed by atoms with Crippen LogP contribution in [0.1, 0.15) is 22.3 Å². The fourth-order valence-corrected chi connectivity index (χ4v) is 3.35. The summed E-state index contributed by atoms with van der Waals surface area (Å²) in [4.78, 5) is 27.7. The largest absolute Gasteiger partial charge is 0.379 e. The van der Waals surface area contributed by atoms with Crippen LogP contribution in [0, 0.1) is 0 Å². The number of hydrogen-bond donors (Lipinski definition) is 2. The van der Waals surface area contributed by atoms with Gasteiger partial charge in [0.2, 0.25) is 5.91 Å². The molecule has 1 heterocycles. The maximum absolute atomic E-state index is 12.8. The Bertz CT molecular complexity index is 761. The molecule has 0 aromatic heterocycles. The molecule has 0 saturated carbocycles. The van der Waals surface area contributed by atoms with E-state index in [0.717, 1.165) is 44.8 Å². The molecule has 2 amide bonds. The molecule has 1 atom stereocenters. The molecule has 154 valence electrons. The summed E-state index contributed by atoms with van der Waals surface area (Å²) >= 11 is 0. The lowest BCUT2D eigenvalue weighted by Crippen LogP contribution is -2.48. The molecule has 0 unspecified atom stereocenters. The van der Waals surface area contributed by atoms with Gasteiger partial charge in [-0.2, -0.15) is 0 Å². The zero-order valence-corrected chi connectivity index (χ0v) is 16.7. The van der Waals surface area contributed by atoms with Crippen LogP contribution in [0.3, 0.4) is 0 Å². The molecule has 6 nitrogen and oxygen atoms in total. The molecule has 1 saturated heterocycles. The van der Waals surface area contributed by atoms with Crippen LogP contribution in [-0.4, -0.2) is 62.1 Å². The lowest BCUT2D eigenvalue weighted by Gasteiger charge is -2.26. The zero-order valence-electron chi connectivity index (χ0n) is 16.7. The summed E-state index contributed by atoms with van der Waals surface area (Å²) in [6.07, 6.45) is 1.32. The van der Waals surface area contributed by atoms with E-state index >= 15 is 0 Å². The van der Waals surface area contributed by atoms with E-state index in [1.54, 1.807) is 12.1 Å². The highest BCUT2D eigenvalue weighted by Crippen LogP contribution is 2.06. The number of rotatable bonds is 9. The number of nitrogens with one attached hydrogen (secondary N) is 2. The van der Waals surface area contributed by atoms with Gasteiger partial charge in [0.05, 0.1) is 13.2 Å². The van der Waals surface area contributed by atoms with E-state index in [2.05, 4.69) is 15.5 Å². The highest BCUT2D eigenvalue weighted by atomic mass is 16.5. The molecule has 29 heavy (non-hydrogen) atoms. The van der Waals surface area contributed by atoms with Gasteiger partial charge in [0.1, 0.15) is 6.04 Å². The summed E-state index contributed by atoms with van der Waals surface area (Å²) in [7, 11) is 0. The highest BCUT2D eigenvalue weighted by molar-refractivity contribution is 5.97. The van der Waals surface area contributed by atoms with Crippen molar-refractivity contribution in [3.63, 3.8) is 0 Å². The number of carbonyl (C=O) groups excluding carboxylic acids is 2. The molecule has 0 aliphatic carbocycles. The summed E-state index contributed by atoms with van der Waals surface area (Å²) in [5, 5.41) is 5.88. The minimum Gasteiger partial charge on any atom is -0.379 e. The average molecular weight is 396 g/mol. The number of benzene rings is 2. The number of carbonyl (C=O) groups is 2. The van der Waals surface area contributed by atoms with Crippen LogP contribution < -0.4 is 10.6 Å². The average Bonchev–Trinajstić information content (AvgIpc) is 2.78. The number of ether oxygens (including phenoxy) is 1. The quantitative estimate of drug-likeness (QED) is 0.636. The first-order chi connectivity index (χ1) is 14.2. The Morgan fingerprint density at radius 2 is 1.62 bits per heavy atom. The minimum absolute atomic E-state index is 0.153. The highest BCUT2D eigenvalue weighted by Gasteiger charge is 2.21. The molecule has 1 fully saturated rings. The van der Waals surface area contributed by atoms with Crippen molar-refractivity contribution in [2.45, 2.75) is 18.9 Å². The van der Waals surface area contributed by atoms with Crippen LogP contribution in [0.2, 0.25) is 0 Å². The predicted molar refractivity (Wildman–Crippen MR) is 113 cm³/mol. The number of nitrogens with zero attached hydrogens (tertiary/aromatic N) is 1. The third-order valence-corrected chi connectivity index (χ3v) is 4.99. The fourth-order valence-electron chi connectivity index (χ4n) is 3.35. The van der Waals surface area contributed by atoms with E-state index < -0.39 is 6.04 Å². The Balaban J connectivity index is 1.54. The first-order valence-electron chi connectivity index (χ1n) is 10.2. The Hall–Kier alpha value is -2.70. The summed E-state index contributed by atoms with van der Waals surface area (Å²) < 4.78 is 5.35. The Kier molecular flexibility index (Phi) is 8.22. The van der Waals surface area contributed by atoms with Crippen LogP contribution in [0.15, 0.2) is 60.7 Å². The second-order valence-electron chi connectivity index (χ2n) is 7.18. The van der Waals surface area contributed by atoms with Crippen molar-refractivity contribution in [3.8, 4) is 0 Å². The van der Waals surface area contributed by atoms with Crippen molar-refractivity contribution in [1.82, 2.24) is 15.5 Å². The van der Waals surface area contributed by atoms with Crippen LogP contribution in [0.5, 0.6) is 0 Å². The van der Waals surface area contributed by atoms with Crippen LogP contribution in [-0.2, 0) is 16.0 Å². The van der Waals surface area contributed by atoms with Gasteiger partial charge in [-0.05, 0) is 30.7 Å². The molecule has 0 spiro atoms. The van der Waals surface area contributed by atoms with Crippen LogP contribution >= 0.6 is 0 Å². The van der Waals surface area contributed by atoms with Gasteiger partial charge in [0.25, 0.3) is 5.91 Å². The lowest BCUT2D eigenvalue weighted by atomic mass is 10.0. The van der Waals surface area contributed by atoms with Crippen molar-refractivity contribution in [2.24, 2.45) is 0 Å². The summed E-state index contributed by atoms with van der Waals surface area (Å²) in [5.74, 6) is -0.393. The van der Waals surface area contributed by atoms with Gasteiger partial charge < -0.3 is 15.4 Å². The van der Waals surface area contributed by atoms with Crippen molar-refractivity contribution >= 4 is 11.8 Å². The van der Waals surface area contributed by atoms with E-state index in [1.807, 2.05) is 48.5 Å². The van der Waals surface area contributed by atoms with Gasteiger partial charge in [-0.3, -0.25) is 14.5 Å². The van der Waals surface area contributed by atoms with E-state index in [9.17, 15) is 9.59 Å². The number of morpholine rings is 1. The molecule has 3 rings (SSSR count). The Morgan fingerprint density at radius 3 is 2.31 bits per heavy atom. The van der Waals surface area contributed by atoms with E-state index in [1.165, 1.54) is 0 Å². The van der Waals surface area contributed by atoms with E-state index in [4.69, 9.17) is 4.74 Å². The van der Waals surface area contributed by atoms with Gasteiger partial charge in [0, 0.05) is 31.6 Å². The second kappa shape index (κ2) is 11.3. The van der Waals surface area contributed by atoms with Crippen LogP contribution in [0.4, 0.5) is 0 Å². The molecule has 0 bridgehead atoms. The molecule has 0 radical (unpaired) electrons. The third kappa shape index (κ3) is 7.00. The molecular formula is C23H29N3O3. The third-order valence-electron chi connectivity index (χ3n) is 4.99.